The monoisotopic (exact) mass is 220 g/mol. The van der Waals surface area contributed by atoms with Crippen molar-refractivity contribution in [3.63, 3.8) is 0 Å². The van der Waals surface area contributed by atoms with Crippen molar-refractivity contribution >= 4 is 11.1 Å². The van der Waals surface area contributed by atoms with Crippen molar-refractivity contribution < 1.29 is 4.42 Å². The molecule has 0 amide bonds. The van der Waals surface area contributed by atoms with Gasteiger partial charge in [-0.25, -0.2) is 4.98 Å². The Morgan fingerprint density at radius 1 is 1.06 bits per heavy atom. The van der Waals surface area contributed by atoms with E-state index in [-0.39, 0.29) is 0 Å². The quantitative estimate of drug-likeness (QED) is 0.631. The number of hydrogen-bond donors (Lipinski definition) is 0. The van der Waals surface area contributed by atoms with Crippen LogP contribution in [0.3, 0.4) is 0 Å². The van der Waals surface area contributed by atoms with E-state index in [2.05, 4.69) is 11.1 Å². The van der Waals surface area contributed by atoms with Crippen LogP contribution in [-0.4, -0.2) is 4.98 Å². The highest BCUT2D eigenvalue weighted by Crippen LogP contribution is 2.24. The van der Waals surface area contributed by atoms with Gasteiger partial charge in [0.15, 0.2) is 5.58 Å². The van der Waals surface area contributed by atoms with Crippen LogP contribution in [0.15, 0.2) is 52.9 Å². The van der Waals surface area contributed by atoms with Crippen molar-refractivity contribution in [3.8, 4) is 17.5 Å². The van der Waals surface area contributed by atoms with E-state index in [9.17, 15) is 0 Å². The van der Waals surface area contributed by atoms with Gasteiger partial charge in [0, 0.05) is 5.56 Å². The van der Waals surface area contributed by atoms with Gasteiger partial charge in [-0.05, 0) is 30.3 Å². The fraction of sp³-hybridized carbons (Fsp3) is 0. The van der Waals surface area contributed by atoms with Crippen LogP contribution in [0, 0.1) is 11.3 Å². The molecule has 3 rings (SSSR count). The fourth-order valence-electron chi connectivity index (χ4n) is 1.70. The molecule has 0 unspecified atom stereocenters. The lowest BCUT2D eigenvalue weighted by atomic mass is 10.2. The summed E-state index contributed by atoms with van der Waals surface area (Å²) >= 11 is 0. The molecule has 0 N–H and O–H groups in total. The molecule has 0 aliphatic heterocycles. The molecule has 3 heteroatoms. The van der Waals surface area contributed by atoms with Crippen molar-refractivity contribution in [1.82, 2.24) is 4.98 Å². The molecule has 0 spiro atoms. The largest absolute Gasteiger partial charge is 0.436 e. The molecule has 1 heterocycles. The van der Waals surface area contributed by atoms with E-state index in [0.29, 0.717) is 22.6 Å². The van der Waals surface area contributed by atoms with Gasteiger partial charge < -0.3 is 4.42 Å². The van der Waals surface area contributed by atoms with Crippen LogP contribution in [0.4, 0.5) is 0 Å². The number of oxazole rings is 1. The lowest BCUT2D eigenvalue weighted by Gasteiger charge is -1.91. The van der Waals surface area contributed by atoms with Crippen LogP contribution in [-0.2, 0) is 0 Å². The summed E-state index contributed by atoms with van der Waals surface area (Å²) in [7, 11) is 0. The van der Waals surface area contributed by atoms with Crippen molar-refractivity contribution in [2.45, 2.75) is 0 Å². The summed E-state index contributed by atoms with van der Waals surface area (Å²) in [6.07, 6.45) is 0. The van der Waals surface area contributed by atoms with Gasteiger partial charge in [-0.15, -0.1) is 0 Å². The summed E-state index contributed by atoms with van der Waals surface area (Å²) in [5.74, 6) is 0.579. The van der Waals surface area contributed by atoms with E-state index in [1.165, 1.54) is 0 Å². The van der Waals surface area contributed by atoms with E-state index in [0.717, 1.165) is 5.56 Å². The molecule has 2 aromatic carbocycles. The highest BCUT2D eigenvalue weighted by molar-refractivity contribution is 5.77. The Balaban J connectivity index is 2.18. The standard InChI is InChI=1S/C14H8N2O/c15-9-10-6-7-13-12(8-10)16-14(17-13)11-4-2-1-3-5-11/h1-8H. The lowest BCUT2D eigenvalue weighted by Crippen LogP contribution is -1.75. The molecule has 0 bridgehead atoms. The van der Waals surface area contributed by atoms with Crippen LogP contribution in [0.1, 0.15) is 5.56 Å². The Hall–Kier alpha value is -2.60. The zero-order valence-corrected chi connectivity index (χ0v) is 8.92. The summed E-state index contributed by atoms with van der Waals surface area (Å²) < 4.78 is 5.63. The van der Waals surface area contributed by atoms with Crippen LogP contribution >= 0.6 is 0 Å². The van der Waals surface area contributed by atoms with Gasteiger partial charge in [-0.2, -0.15) is 5.26 Å². The summed E-state index contributed by atoms with van der Waals surface area (Å²) in [6, 6.07) is 17.0. The first-order valence-corrected chi connectivity index (χ1v) is 5.23. The Morgan fingerprint density at radius 3 is 2.65 bits per heavy atom. The minimum Gasteiger partial charge on any atom is -0.436 e. The number of rotatable bonds is 1. The summed E-state index contributed by atoms with van der Waals surface area (Å²) in [5, 5.41) is 8.81. The molecule has 80 valence electrons. The normalized spacial score (nSPS) is 10.3. The van der Waals surface area contributed by atoms with E-state index in [4.69, 9.17) is 9.68 Å². The highest BCUT2D eigenvalue weighted by atomic mass is 16.3. The van der Waals surface area contributed by atoms with Crippen molar-refractivity contribution in [2.24, 2.45) is 0 Å². The number of aromatic nitrogens is 1. The molecular formula is C14H8N2O. The van der Waals surface area contributed by atoms with Gasteiger partial charge >= 0.3 is 0 Å². The topological polar surface area (TPSA) is 49.8 Å². The first-order valence-electron chi connectivity index (χ1n) is 5.23. The van der Waals surface area contributed by atoms with Gasteiger partial charge in [-0.3, -0.25) is 0 Å². The number of nitriles is 1. The fourth-order valence-corrected chi connectivity index (χ4v) is 1.70. The number of fused-ring (bicyclic) bond motifs is 1. The van der Waals surface area contributed by atoms with Gasteiger partial charge in [0.25, 0.3) is 0 Å². The SMILES string of the molecule is N#Cc1ccc2oc(-c3ccccc3)nc2c1. The maximum atomic E-state index is 8.81. The van der Waals surface area contributed by atoms with Crippen LogP contribution in [0.2, 0.25) is 0 Å². The van der Waals surface area contributed by atoms with Gasteiger partial charge in [0.05, 0.1) is 11.6 Å². The summed E-state index contributed by atoms with van der Waals surface area (Å²) in [5.41, 5.74) is 2.93. The third kappa shape index (κ3) is 1.66. The minimum atomic E-state index is 0.579. The molecular weight excluding hydrogens is 212 g/mol. The van der Waals surface area contributed by atoms with Crippen molar-refractivity contribution in [3.05, 3.63) is 54.1 Å². The molecule has 0 saturated carbocycles. The predicted molar refractivity (Wildman–Crippen MR) is 64.2 cm³/mol. The van der Waals surface area contributed by atoms with Gasteiger partial charge in [0.1, 0.15) is 5.52 Å². The minimum absolute atomic E-state index is 0.579. The van der Waals surface area contributed by atoms with E-state index >= 15 is 0 Å². The number of hydrogen-bond acceptors (Lipinski definition) is 3. The second-order valence-electron chi connectivity index (χ2n) is 3.68. The molecule has 0 saturated heterocycles. The molecule has 0 aliphatic rings. The van der Waals surface area contributed by atoms with E-state index in [1.807, 2.05) is 30.3 Å². The Kier molecular flexibility index (Phi) is 2.13. The first-order chi connectivity index (χ1) is 8.36. The average Bonchev–Trinajstić information content (AvgIpc) is 2.82. The average molecular weight is 220 g/mol. The van der Waals surface area contributed by atoms with Crippen molar-refractivity contribution in [2.75, 3.05) is 0 Å². The predicted octanol–water partition coefficient (Wildman–Crippen LogP) is 3.37. The van der Waals surface area contributed by atoms with Crippen LogP contribution < -0.4 is 0 Å². The molecule has 0 radical (unpaired) electrons. The third-order valence-corrected chi connectivity index (χ3v) is 2.54. The maximum Gasteiger partial charge on any atom is 0.227 e. The van der Waals surface area contributed by atoms with E-state index < -0.39 is 0 Å². The first kappa shape index (κ1) is 9.61. The van der Waals surface area contributed by atoms with Crippen molar-refractivity contribution in [1.29, 1.82) is 5.26 Å². The highest BCUT2D eigenvalue weighted by Gasteiger charge is 2.07. The van der Waals surface area contributed by atoms with E-state index in [1.54, 1.807) is 18.2 Å². The molecule has 0 fully saturated rings. The Bertz CT molecular complexity index is 708. The maximum absolute atomic E-state index is 8.81. The Morgan fingerprint density at radius 2 is 1.88 bits per heavy atom. The molecule has 17 heavy (non-hydrogen) atoms. The number of benzene rings is 2. The zero-order valence-electron chi connectivity index (χ0n) is 8.92. The second kappa shape index (κ2) is 3.76. The van der Waals surface area contributed by atoms with Gasteiger partial charge in [-0.1, -0.05) is 18.2 Å². The molecule has 3 nitrogen and oxygen atoms in total. The number of nitrogens with zero attached hydrogens (tertiary/aromatic N) is 2. The zero-order chi connectivity index (χ0) is 11.7. The molecule has 0 aliphatic carbocycles. The molecule has 3 aromatic rings. The molecule has 1 aromatic heterocycles. The lowest BCUT2D eigenvalue weighted by molar-refractivity contribution is 0.620. The Labute approximate surface area is 97.9 Å². The molecule has 0 atom stereocenters. The second-order valence-corrected chi connectivity index (χ2v) is 3.68. The van der Waals surface area contributed by atoms with Gasteiger partial charge in [0.2, 0.25) is 5.89 Å². The summed E-state index contributed by atoms with van der Waals surface area (Å²) in [6.45, 7) is 0. The van der Waals surface area contributed by atoms with Crippen LogP contribution in [0.25, 0.3) is 22.6 Å². The summed E-state index contributed by atoms with van der Waals surface area (Å²) in [4.78, 5) is 4.37. The third-order valence-electron chi connectivity index (χ3n) is 2.54. The van der Waals surface area contributed by atoms with Crippen LogP contribution in [0.5, 0.6) is 0 Å². The smallest absolute Gasteiger partial charge is 0.227 e.